The quantitative estimate of drug-likeness (QED) is 0.768. The predicted molar refractivity (Wildman–Crippen MR) is 75.2 cm³/mol. The zero-order valence-corrected chi connectivity index (χ0v) is 11.9. The van der Waals surface area contributed by atoms with Gasteiger partial charge in [-0.3, -0.25) is 9.69 Å². The van der Waals surface area contributed by atoms with Crippen molar-refractivity contribution in [3.05, 3.63) is 29.8 Å². The molecule has 0 aromatic heterocycles. The number of phenols is 1. The first kappa shape index (κ1) is 15.5. The second kappa shape index (κ2) is 7.79. The van der Waals surface area contributed by atoms with Gasteiger partial charge in [-0.2, -0.15) is 0 Å². The van der Waals surface area contributed by atoms with Crippen LogP contribution in [-0.4, -0.2) is 41.7 Å². The van der Waals surface area contributed by atoms with Crippen LogP contribution in [0.15, 0.2) is 24.3 Å². The number of ether oxygens (including phenoxy) is 1. The Morgan fingerprint density at radius 1 is 1.21 bits per heavy atom. The van der Waals surface area contributed by atoms with E-state index in [1.54, 1.807) is 12.1 Å². The van der Waals surface area contributed by atoms with Crippen molar-refractivity contribution in [3.63, 3.8) is 0 Å². The molecule has 1 unspecified atom stereocenters. The molecular weight excluding hydrogens is 242 g/mol. The highest BCUT2D eigenvalue weighted by Gasteiger charge is 2.25. The normalized spacial score (nSPS) is 12.4. The average molecular weight is 265 g/mol. The summed E-state index contributed by atoms with van der Waals surface area (Å²) in [7, 11) is 0. The topological polar surface area (TPSA) is 49.8 Å². The van der Waals surface area contributed by atoms with Gasteiger partial charge in [-0.15, -0.1) is 0 Å². The number of carbonyl (C=O) groups is 1. The highest BCUT2D eigenvalue weighted by atomic mass is 16.5. The molecule has 1 atom stereocenters. The van der Waals surface area contributed by atoms with Crippen LogP contribution in [0.1, 0.15) is 26.3 Å². The fourth-order valence-corrected chi connectivity index (χ4v) is 2.12. The Labute approximate surface area is 115 Å². The number of esters is 1. The van der Waals surface area contributed by atoms with Crippen molar-refractivity contribution >= 4 is 5.97 Å². The van der Waals surface area contributed by atoms with Gasteiger partial charge < -0.3 is 9.84 Å². The van der Waals surface area contributed by atoms with E-state index in [0.29, 0.717) is 13.0 Å². The Hall–Kier alpha value is -1.55. The van der Waals surface area contributed by atoms with Crippen molar-refractivity contribution in [1.29, 1.82) is 0 Å². The summed E-state index contributed by atoms with van der Waals surface area (Å²) >= 11 is 0. The van der Waals surface area contributed by atoms with E-state index in [4.69, 9.17) is 4.74 Å². The first-order valence-electron chi connectivity index (χ1n) is 6.80. The minimum atomic E-state index is -0.264. The van der Waals surface area contributed by atoms with E-state index in [1.807, 2.05) is 32.9 Å². The van der Waals surface area contributed by atoms with E-state index in [1.165, 1.54) is 0 Å². The number of likely N-dealkylation sites (N-methyl/N-ethyl adjacent to an activating group) is 1. The summed E-state index contributed by atoms with van der Waals surface area (Å²) < 4.78 is 5.15. The Morgan fingerprint density at radius 2 is 1.79 bits per heavy atom. The monoisotopic (exact) mass is 265 g/mol. The Bertz CT molecular complexity index is 385. The summed E-state index contributed by atoms with van der Waals surface area (Å²) in [6.45, 7) is 7.89. The number of nitrogens with zero attached hydrogens (tertiary/aromatic N) is 1. The average Bonchev–Trinajstić information content (AvgIpc) is 2.41. The van der Waals surface area contributed by atoms with Gasteiger partial charge in [-0.05, 0) is 44.1 Å². The third-order valence-electron chi connectivity index (χ3n) is 3.18. The molecule has 1 N–H and O–H groups in total. The lowest BCUT2D eigenvalue weighted by atomic mass is 10.0. The number of aromatic hydroxyl groups is 1. The van der Waals surface area contributed by atoms with Crippen molar-refractivity contribution < 1.29 is 14.6 Å². The van der Waals surface area contributed by atoms with Gasteiger partial charge in [0.15, 0.2) is 0 Å². The summed E-state index contributed by atoms with van der Waals surface area (Å²) in [5.74, 6) is 0.0542. The fourth-order valence-electron chi connectivity index (χ4n) is 2.12. The molecule has 1 aromatic carbocycles. The van der Waals surface area contributed by atoms with E-state index < -0.39 is 0 Å². The second-order valence-electron chi connectivity index (χ2n) is 4.36. The zero-order chi connectivity index (χ0) is 14.3. The molecule has 19 heavy (non-hydrogen) atoms. The zero-order valence-electron chi connectivity index (χ0n) is 11.9. The van der Waals surface area contributed by atoms with Gasteiger partial charge in [0, 0.05) is 0 Å². The first-order valence-corrected chi connectivity index (χ1v) is 6.80. The molecule has 0 aliphatic carbocycles. The Morgan fingerprint density at radius 3 is 2.26 bits per heavy atom. The van der Waals surface area contributed by atoms with Crippen LogP contribution >= 0.6 is 0 Å². The maximum absolute atomic E-state index is 12.1. The molecule has 0 saturated carbocycles. The second-order valence-corrected chi connectivity index (χ2v) is 4.36. The molecule has 1 rings (SSSR count). The van der Waals surface area contributed by atoms with Gasteiger partial charge in [0.1, 0.15) is 11.8 Å². The van der Waals surface area contributed by atoms with E-state index in [9.17, 15) is 9.90 Å². The molecule has 4 nitrogen and oxygen atoms in total. The molecule has 0 aliphatic rings. The molecular formula is C15H23NO3. The lowest BCUT2D eigenvalue weighted by Crippen LogP contribution is -2.43. The van der Waals surface area contributed by atoms with Crippen LogP contribution in [0.4, 0.5) is 0 Å². The van der Waals surface area contributed by atoms with E-state index in [-0.39, 0.29) is 17.8 Å². The smallest absolute Gasteiger partial charge is 0.323 e. The van der Waals surface area contributed by atoms with E-state index in [0.717, 1.165) is 18.7 Å². The van der Waals surface area contributed by atoms with Gasteiger partial charge in [0.25, 0.3) is 0 Å². The fraction of sp³-hybridized carbons (Fsp3) is 0.533. The number of hydrogen-bond acceptors (Lipinski definition) is 4. The van der Waals surface area contributed by atoms with Gasteiger partial charge in [-0.25, -0.2) is 0 Å². The van der Waals surface area contributed by atoms with Crippen molar-refractivity contribution in [2.75, 3.05) is 19.7 Å². The summed E-state index contributed by atoms with van der Waals surface area (Å²) in [6.07, 6.45) is 0.598. The van der Waals surface area contributed by atoms with Crippen molar-refractivity contribution in [2.24, 2.45) is 0 Å². The lowest BCUT2D eigenvalue weighted by Gasteiger charge is -2.27. The molecule has 0 fully saturated rings. The molecule has 0 bridgehead atoms. The van der Waals surface area contributed by atoms with Crippen LogP contribution in [0.2, 0.25) is 0 Å². The summed E-state index contributed by atoms with van der Waals surface area (Å²) in [5, 5.41) is 9.28. The molecule has 4 heteroatoms. The van der Waals surface area contributed by atoms with Crippen LogP contribution in [0.25, 0.3) is 0 Å². The summed E-state index contributed by atoms with van der Waals surface area (Å²) in [6, 6.07) is 6.69. The molecule has 0 heterocycles. The van der Waals surface area contributed by atoms with Crippen LogP contribution in [0.3, 0.4) is 0 Å². The van der Waals surface area contributed by atoms with Crippen molar-refractivity contribution in [1.82, 2.24) is 4.90 Å². The lowest BCUT2D eigenvalue weighted by molar-refractivity contribution is -0.149. The molecule has 0 spiro atoms. The predicted octanol–water partition coefficient (Wildman–Crippen LogP) is 2.21. The van der Waals surface area contributed by atoms with Crippen LogP contribution in [0, 0.1) is 0 Å². The van der Waals surface area contributed by atoms with Gasteiger partial charge >= 0.3 is 5.97 Å². The largest absolute Gasteiger partial charge is 0.508 e. The molecule has 0 saturated heterocycles. The maximum Gasteiger partial charge on any atom is 0.323 e. The SMILES string of the molecule is CCOC(=O)C(Cc1ccc(O)cc1)N(CC)CC. The minimum absolute atomic E-state index is 0.181. The number of rotatable bonds is 7. The van der Waals surface area contributed by atoms with Crippen LogP contribution in [-0.2, 0) is 16.0 Å². The Balaban J connectivity index is 2.83. The maximum atomic E-state index is 12.1. The third-order valence-corrected chi connectivity index (χ3v) is 3.18. The number of benzene rings is 1. The highest BCUT2D eigenvalue weighted by Crippen LogP contribution is 2.14. The molecule has 1 aromatic rings. The Kier molecular flexibility index (Phi) is 6.36. The van der Waals surface area contributed by atoms with Gasteiger partial charge in [0.2, 0.25) is 0 Å². The molecule has 0 radical (unpaired) electrons. The van der Waals surface area contributed by atoms with Crippen molar-refractivity contribution in [2.45, 2.75) is 33.2 Å². The van der Waals surface area contributed by atoms with Gasteiger partial charge in [-0.1, -0.05) is 26.0 Å². The van der Waals surface area contributed by atoms with E-state index >= 15 is 0 Å². The van der Waals surface area contributed by atoms with Crippen molar-refractivity contribution in [3.8, 4) is 5.75 Å². The summed E-state index contributed by atoms with van der Waals surface area (Å²) in [4.78, 5) is 14.1. The molecule has 106 valence electrons. The summed E-state index contributed by atoms with van der Waals surface area (Å²) in [5.41, 5.74) is 1.02. The van der Waals surface area contributed by atoms with Crippen LogP contribution in [0.5, 0.6) is 5.75 Å². The number of carbonyl (C=O) groups excluding carboxylic acids is 1. The first-order chi connectivity index (χ1) is 9.12. The number of phenolic OH excluding ortho intramolecular Hbond substituents is 1. The molecule has 0 amide bonds. The third kappa shape index (κ3) is 4.56. The minimum Gasteiger partial charge on any atom is -0.508 e. The highest BCUT2D eigenvalue weighted by molar-refractivity contribution is 5.76. The van der Waals surface area contributed by atoms with E-state index in [2.05, 4.69) is 4.90 Å². The molecule has 0 aliphatic heterocycles. The standard InChI is InChI=1S/C15H23NO3/c1-4-16(5-2)14(15(18)19-6-3)11-12-7-9-13(17)10-8-12/h7-10,14,17H,4-6,11H2,1-3H3. The van der Waals surface area contributed by atoms with Gasteiger partial charge in [0.05, 0.1) is 6.61 Å². The van der Waals surface area contributed by atoms with Crippen LogP contribution < -0.4 is 0 Å². The number of hydrogen-bond donors (Lipinski definition) is 1.